The van der Waals surface area contributed by atoms with Crippen LogP contribution in [0.5, 0.6) is 0 Å². The van der Waals surface area contributed by atoms with Crippen LogP contribution in [0.4, 0.5) is 17.3 Å². The highest BCUT2D eigenvalue weighted by atomic mass is 15.3. The minimum absolute atomic E-state index is 0.504. The molecule has 0 unspecified atom stereocenters. The lowest BCUT2D eigenvalue weighted by Gasteiger charge is -2.06. The lowest BCUT2D eigenvalue weighted by Crippen LogP contribution is -1.97. The normalized spacial score (nSPS) is 11.0. The van der Waals surface area contributed by atoms with Gasteiger partial charge in [-0.3, -0.25) is 9.78 Å². The van der Waals surface area contributed by atoms with Crippen LogP contribution in [-0.2, 0) is 7.05 Å². The van der Waals surface area contributed by atoms with Crippen molar-refractivity contribution in [3.05, 3.63) is 43.0 Å². The van der Waals surface area contributed by atoms with E-state index in [9.17, 15) is 0 Å². The van der Waals surface area contributed by atoms with Crippen molar-refractivity contribution in [2.24, 2.45) is 7.05 Å². The smallest absolute Gasteiger partial charge is 0.227 e. The molecule has 0 fully saturated rings. The molecule has 0 spiro atoms. The third kappa shape index (κ3) is 2.35. The van der Waals surface area contributed by atoms with E-state index in [1.54, 1.807) is 23.3 Å². The van der Waals surface area contributed by atoms with Crippen LogP contribution in [0.25, 0.3) is 22.2 Å². The predicted octanol–water partition coefficient (Wildman–Crippen LogP) is 2.08. The number of hydrogen-bond acceptors (Lipinski definition) is 6. The molecule has 0 aliphatic rings. The summed E-state index contributed by atoms with van der Waals surface area (Å²) >= 11 is 0. The minimum atomic E-state index is 0.504. The second-order valence-electron chi connectivity index (χ2n) is 5.15. The average Bonchev–Trinajstić information content (AvgIpc) is 3.18. The van der Waals surface area contributed by atoms with E-state index in [0.717, 1.165) is 27.8 Å². The van der Waals surface area contributed by atoms with E-state index in [-0.39, 0.29) is 0 Å². The summed E-state index contributed by atoms with van der Waals surface area (Å²) in [4.78, 5) is 8.81. The number of benzene rings is 1. The molecule has 4 aromatic rings. The second-order valence-corrected chi connectivity index (χ2v) is 5.15. The van der Waals surface area contributed by atoms with Gasteiger partial charge in [-0.25, -0.2) is 9.97 Å². The Kier molecular flexibility index (Phi) is 2.94. The highest BCUT2D eigenvalue weighted by Gasteiger charge is 2.10. The van der Waals surface area contributed by atoms with Gasteiger partial charge in [0, 0.05) is 30.4 Å². The zero-order valence-corrected chi connectivity index (χ0v) is 12.4. The van der Waals surface area contributed by atoms with Crippen LogP contribution in [0.2, 0.25) is 0 Å². The largest absolute Gasteiger partial charge is 0.397 e. The van der Waals surface area contributed by atoms with Crippen LogP contribution in [0.3, 0.4) is 0 Å². The topological polar surface area (TPSA) is 110 Å². The molecule has 114 valence electrons. The summed E-state index contributed by atoms with van der Waals surface area (Å²) in [5, 5.41) is 15.1. The molecule has 0 aliphatic carbocycles. The first-order valence-corrected chi connectivity index (χ1v) is 7.01. The molecule has 23 heavy (non-hydrogen) atoms. The first kappa shape index (κ1) is 13.3. The molecule has 4 N–H and O–H groups in total. The monoisotopic (exact) mass is 306 g/mol. The van der Waals surface area contributed by atoms with E-state index in [1.807, 2.05) is 31.4 Å². The highest BCUT2D eigenvalue weighted by molar-refractivity contribution is 5.99. The number of aromatic nitrogens is 6. The van der Waals surface area contributed by atoms with E-state index in [4.69, 9.17) is 5.73 Å². The Labute approximate surface area is 131 Å². The summed E-state index contributed by atoms with van der Waals surface area (Å²) in [6, 6.07) is 5.63. The number of anilines is 3. The fraction of sp³-hybridized carbons (Fsp3) is 0.0667. The van der Waals surface area contributed by atoms with Gasteiger partial charge in [0.15, 0.2) is 0 Å². The Hall–Kier alpha value is -3.42. The molecule has 0 bridgehead atoms. The number of H-pyrrole nitrogens is 1. The molecule has 0 saturated heterocycles. The van der Waals surface area contributed by atoms with Crippen LogP contribution in [0, 0.1) is 0 Å². The average molecular weight is 306 g/mol. The lowest BCUT2D eigenvalue weighted by atomic mass is 10.1. The first-order chi connectivity index (χ1) is 11.2. The Morgan fingerprint density at radius 1 is 1.22 bits per heavy atom. The summed E-state index contributed by atoms with van der Waals surface area (Å²) in [5.41, 5.74) is 9.98. The summed E-state index contributed by atoms with van der Waals surface area (Å²) in [6.07, 6.45) is 7.03. The van der Waals surface area contributed by atoms with Crippen molar-refractivity contribution in [1.82, 2.24) is 29.9 Å². The highest BCUT2D eigenvalue weighted by Crippen LogP contribution is 2.30. The van der Waals surface area contributed by atoms with Gasteiger partial charge in [-0.05, 0) is 18.2 Å². The number of hydrogen-bond donors (Lipinski definition) is 3. The molecular formula is C15H14N8. The SMILES string of the molecule is Cn1cc(Nc2nccc(-c3ccc(N)c4[nH]ncc34)n2)cn1. The molecule has 0 saturated carbocycles. The van der Waals surface area contributed by atoms with Gasteiger partial charge < -0.3 is 11.1 Å². The van der Waals surface area contributed by atoms with E-state index in [0.29, 0.717) is 11.6 Å². The number of nitrogens with zero attached hydrogens (tertiary/aromatic N) is 5. The third-order valence-electron chi connectivity index (χ3n) is 3.54. The minimum Gasteiger partial charge on any atom is -0.397 e. The lowest BCUT2D eigenvalue weighted by molar-refractivity contribution is 0.768. The van der Waals surface area contributed by atoms with Crippen LogP contribution in [0.1, 0.15) is 0 Å². The van der Waals surface area contributed by atoms with Crippen LogP contribution in [-0.4, -0.2) is 29.9 Å². The number of fused-ring (bicyclic) bond motifs is 1. The number of rotatable bonds is 3. The third-order valence-corrected chi connectivity index (χ3v) is 3.54. The van der Waals surface area contributed by atoms with Crippen molar-refractivity contribution in [2.75, 3.05) is 11.1 Å². The van der Waals surface area contributed by atoms with E-state index >= 15 is 0 Å². The molecule has 3 aromatic heterocycles. The maximum atomic E-state index is 5.96. The molecule has 0 atom stereocenters. The summed E-state index contributed by atoms with van der Waals surface area (Å²) < 4.78 is 1.71. The van der Waals surface area contributed by atoms with Gasteiger partial charge in [0.2, 0.25) is 5.95 Å². The van der Waals surface area contributed by atoms with Crippen molar-refractivity contribution < 1.29 is 0 Å². The zero-order chi connectivity index (χ0) is 15.8. The molecule has 0 amide bonds. The van der Waals surface area contributed by atoms with Gasteiger partial charge in [-0.15, -0.1) is 0 Å². The quantitative estimate of drug-likeness (QED) is 0.500. The van der Waals surface area contributed by atoms with E-state index in [2.05, 4.69) is 30.6 Å². The van der Waals surface area contributed by atoms with Gasteiger partial charge in [0.25, 0.3) is 0 Å². The number of aromatic amines is 1. The van der Waals surface area contributed by atoms with Gasteiger partial charge >= 0.3 is 0 Å². The maximum Gasteiger partial charge on any atom is 0.227 e. The predicted molar refractivity (Wildman–Crippen MR) is 88.0 cm³/mol. The van der Waals surface area contributed by atoms with Crippen LogP contribution < -0.4 is 11.1 Å². The molecule has 0 aliphatic heterocycles. The number of nitrogen functional groups attached to an aromatic ring is 1. The molecule has 3 heterocycles. The van der Waals surface area contributed by atoms with E-state index in [1.165, 1.54) is 0 Å². The molecular weight excluding hydrogens is 292 g/mol. The standard InChI is InChI=1S/C15H14N8/c1-23-8-9(6-19-23)20-15-17-5-4-13(21-15)10-2-3-12(16)14-11(10)7-18-22-14/h2-8H,16H2,1H3,(H,18,22)(H,17,20,21). The summed E-state index contributed by atoms with van der Waals surface area (Å²) in [6.45, 7) is 0. The van der Waals surface area contributed by atoms with Gasteiger partial charge in [-0.1, -0.05) is 0 Å². The van der Waals surface area contributed by atoms with Crippen molar-refractivity contribution in [3.8, 4) is 11.3 Å². The first-order valence-electron chi connectivity index (χ1n) is 7.01. The van der Waals surface area contributed by atoms with Gasteiger partial charge in [-0.2, -0.15) is 10.2 Å². The number of aryl methyl sites for hydroxylation is 1. The molecule has 8 nitrogen and oxygen atoms in total. The molecule has 0 radical (unpaired) electrons. The second kappa shape index (κ2) is 5.09. The van der Waals surface area contributed by atoms with Gasteiger partial charge in [0.1, 0.15) is 0 Å². The Balaban J connectivity index is 1.75. The van der Waals surface area contributed by atoms with Crippen molar-refractivity contribution >= 4 is 28.2 Å². The van der Waals surface area contributed by atoms with Crippen LogP contribution in [0.15, 0.2) is 43.0 Å². The Morgan fingerprint density at radius 2 is 2.13 bits per heavy atom. The Morgan fingerprint density at radius 3 is 2.96 bits per heavy atom. The zero-order valence-electron chi connectivity index (χ0n) is 12.4. The fourth-order valence-electron chi connectivity index (χ4n) is 2.46. The summed E-state index contributed by atoms with van der Waals surface area (Å²) in [7, 11) is 1.85. The molecule has 8 heteroatoms. The number of nitrogens with two attached hydrogens (primary N) is 1. The fourth-order valence-corrected chi connectivity index (χ4v) is 2.46. The maximum absolute atomic E-state index is 5.96. The number of nitrogens with one attached hydrogen (secondary N) is 2. The van der Waals surface area contributed by atoms with Crippen LogP contribution >= 0.6 is 0 Å². The van der Waals surface area contributed by atoms with Crippen molar-refractivity contribution in [1.29, 1.82) is 0 Å². The summed E-state index contributed by atoms with van der Waals surface area (Å²) in [5.74, 6) is 0.504. The van der Waals surface area contributed by atoms with Crippen molar-refractivity contribution in [3.63, 3.8) is 0 Å². The Bertz CT molecular complexity index is 984. The molecule has 4 rings (SSSR count). The molecule has 1 aromatic carbocycles. The van der Waals surface area contributed by atoms with Gasteiger partial charge in [0.05, 0.1) is 35.0 Å². The van der Waals surface area contributed by atoms with Crippen molar-refractivity contribution in [2.45, 2.75) is 0 Å². The van der Waals surface area contributed by atoms with E-state index < -0.39 is 0 Å².